The lowest BCUT2D eigenvalue weighted by molar-refractivity contribution is -0.0399. The molecule has 55 heavy (non-hydrogen) atoms. The smallest absolute Gasteiger partial charge is 0.164 e. The maximum atomic E-state index is 11.0. The number of aryl methyl sites for hydroxylation is 1. The van der Waals surface area contributed by atoms with Gasteiger partial charge in [0.15, 0.2) is 17.5 Å². The molecule has 0 N–H and O–H groups in total. The number of benzene rings is 6. The number of nitriles is 1. The minimum atomic E-state index is -0.0349. The van der Waals surface area contributed by atoms with Crippen LogP contribution in [0.5, 0.6) is 0 Å². The molecule has 0 radical (unpaired) electrons. The van der Waals surface area contributed by atoms with E-state index in [2.05, 4.69) is 91.9 Å². The molecule has 1 heterocycles. The first-order valence-electron chi connectivity index (χ1n) is 19.8. The molecule has 0 unspecified atom stereocenters. The lowest BCUT2D eigenvalue weighted by atomic mass is 9.43. The standard InChI is InChI=1S/C51H40N4/c1-31-20-21-45-44(22-31)47-37(30-52)28-36(29-46(47)51(45)38-24-32-23-33(26-38)27-39(51)25-32)40-16-8-9-17-41(40)42-18-10-11-19-43(42)50-54-48(34-12-4-2-5-13-34)53-49(55-50)35-14-6-3-7-15-35/h2-22,28-29,32-33,38-39H,23-27H2,1H3. The van der Waals surface area contributed by atoms with Crippen LogP contribution in [0.25, 0.3) is 67.5 Å². The Hall–Kier alpha value is -6.18. The molecule has 4 heteroatoms. The van der Waals surface area contributed by atoms with Crippen molar-refractivity contribution in [1.82, 2.24) is 15.0 Å². The van der Waals surface area contributed by atoms with Crippen LogP contribution in [-0.2, 0) is 5.41 Å². The van der Waals surface area contributed by atoms with Gasteiger partial charge in [-0.05, 0) is 114 Å². The second-order valence-electron chi connectivity index (χ2n) is 16.4. The van der Waals surface area contributed by atoms with Gasteiger partial charge in [0.1, 0.15) is 0 Å². The van der Waals surface area contributed by atoms with E-state index in [-0.39, 0.29) is 5.41 Å². The zero-order valence-electron chi connectivity index (χ0n) is 30.9. The second kappa shape index (κ2) is 12.4. The van der Waals surface area contributed by atoms with E-state index in [9.17, 15) is 5.26 Å². The molecule has 6 aromatic carbocycles. The van der Waals surface area contributed by atoms with Crippen molar-refractivity contribution in [2.75, 3.05) is 0 Å². The second-order valence-corrected chi connectivity index (χ2v) is 16.4. The Bertz CT molecular complexity index is 2600. The van der Waals surface area contributed by atoms with Gasteiger partial charge in [-0.3, -0.25) is 0 Å². The van der Waals surface area contributed by atoms with E-state index in [0.29, 0.717) is 29.3 Å². The first-order valence-corrected chi connectivity index (χ1v) is 19.8. The molecular weight excluding hydrogens is 669 g/mol. The summed E-state index contributed by atoms with van der Waals surface area (Å²) >= 11 is 0. The molecular formula is C51H40N4. The molecule has 4 fully saturated rings. The van der Waals surface area contributed by atoms with E-state index in [1.807, 2.05) is 60.7 Å². The van der Waals surface area contributed by atoms with Crippen LogP contribution >= 0.6 is 0 Å². The average Bonchev–Trinajstić information content (AvgIpc) is 3.52. The zero-order valence-corrected chi connectivity index (χ0v) is 30.9. The summed E-state index contributed by atoms with van der Waals surface area (Å²) in [4.78, 5) is 15.2. The summed E-state index contributed by atoms with van der Waals surface area (Å²) < 4.78 is 0. The van der Waals surface area contributed by atoms with Crippen molar-refractivity contribution in [3.63, 3.8) is 0 Å². The van der Waals surface area contributed by atoms with Crippen molar-refractivity contribution in [2.24, 2.45) is 23.7 Å². The summed E-state index contributed by atoms with van der Waals surface area (Å²) in [5, 5.41) is 11.0. The van der Waals surface area contributed by atoms with Crippen LogP contribution in [0.4, 0.5) is 0 Å². The van der Waals surface area contributed by atoms with Gasteiger partial charge in [0, 0.05) is 27.7 Å². The lowest BCUT2D eigenvalue weighted by Crippen LogP contribution is -2.55. The van der Waals surface area contributed by atoms with E-state index in [4.69, 9.17) is 15.0 Å². The Labute approximate surface area is 322 Å². The van der Waals surface area contributed by atoms with E-state index in [0.717, 1.165) is 56.3 Å². The van der Waals surface area contributed by atoms with Crippen LogP contribution < -0.4 is 0 Å². The number of rotatable bonds is 5. The van der Waals surface area contributed by atoms with Crippen molar-refractivity contribution in [3.05, 3.63) is 162 Å². The number of aromatic nitrogens is 3. The van der Waals surface area contributed by atoms with Crippen molar-refractivity contribution >= 4 is 0 Å². The van der Waals surface area contributed by atoms with Gasteiger partial charge in [-0.2, -0.15) is 5.26 Å². The summed E-state index contributed by atoms with van der Waals surface area (Å²) in [7, 11) is 0. The van der Waals surface area contributed by atoms with Crippen molar-refractivity contribution in [1.29, 1.82) is 5.26 Å². The first-order chi connectivity index (χ1) is 27.1. The van der Waals surface area contributed by atoms with E-state index in [1.54, 1.807) is 0 Å². The predicted octanol–water partition coefficient (Wildman–Crippen LogP) is 12.1. The van der Waals surface area contributed by atoms with Crippen LogP contribution in [0.2, 0.25) is 0 Å². The fourth-order valence-corrected chi connectivity index (χ4v) is 11.5. The Morgan fingerprint density at radius 1 is 0.491 bits per heavy atom. The van der Waals surface area contributed by atoms with E-state index < -0.39 is 0 Å². The van der Waals surface area contributed by atoms with Gasteiger partial charge in [-0.25, -0.2) is 15.0 Å². The highest BCUT2D eigenvalue weighted by atomic mass is 15.0. The Balaban J connectivity index is 1.11. The average molecular weight is 709 g/mol. The monoisotopic (exact) mass is 708 g/mol. The van der Waals surface area contributed by atoms with Gasteiger partial charge in [0.2, 0.25) is 0 Å². The molecule has 7 aromatic rings. The van der Waals surface area contributed by atoms with Gasteiger partial charge in [0.25, 0.3) is 0 Å². The van der Waals surface area contributed by atoms with Crippen LogP contribution in [0.15, 0.2) is 140 Å². The highest BCUT2D eigenvalue weighted by Crippen LogP contribution is 2.70. The molecule has 4 nitrogen and oxygen atoms in total. The number of fused-ring (bicyclic) bond motifs is 3. The maximum absolute atomic E-state index is 11.0. The van der Waals surface area contributed by atoms with Crippen LogP contribution in [0.1, 0.15) is 54.4 Å². The molecule has 5 aliphatic carbocycles. The topological polar surface area (TPSA) is 62.5 Å². The summed E-state index contributed by atoms with van der Waals surface area (Å²) in [5.74, 6) is 4.84. The molecule has 0 aliphatic heterocycles. The van der Waals surface area contributed by atoms with Crippen LogP contribution in [0, 0.1) is 41.9 Å². The Kier molecular flexibility index (Phi) is 7.29. The molecule has 1 aromatic heterocycles. The van der Waals surface area contributed by atoms with Crippen LogP contribution in [0.3, 0.4) is 0 Å². The molecule has 4 bridgehead atoms. The maximum Gasteiger partial charge on any atom is 0.164 e. The highest BCUT2D eigenvalue weighted by Gasteiger charge is 2.62. The fourth-order valence-electron chi connectivity index (χ4n) is 11.5. The lowest BCUT2D eigenvalue weighted by Gasteiger charge is -2.61. The molecule has 12 rings (SSSR count). The summed E-state index contributed by atoms with van der Waals surface area (Å²) in [5.41, 5.74) is 14.5. The largest absolute Gasteiger partial charge is 0.208 e. The van der Waals surface area contributed by atoms with Gasteiger partial charge >= 0.3 is 0 Å². The molecule has 264 valence electrons. The van der Waals surface area contributed by atoms with Crippen molar-refractivity contribution < 1.29 is 0 Å². The van der Waals surface area contributed by atoms with Crippen molar-refractivity contribution in [2.45, 2.75) is 44.4 Å². The van der Waals surface area contributed by atoms with Gasteiger partial charge < -0.3 is 0 Å². The van der Waals surface area contributed by atoms with Crippen molar-refractivity contribution in [3.8, 4) is 73.6 Å². The summed E-state index contributed by atoms with van der Waals surface area (Å²) in [6.07, 6.45) is 6.62. The normalized spacial score (nSPS) is 22.7. The minimum Gasteiger partial charge on any atom is -0.208 e. The van der Waals surface area contributed by atoms with Gasteiger partial charge in [-0.1, -0.05) is 133 Å². The molecule has 0 atom stereocenters. The number of hydrogen-bond acceptors (Lipinski definition) is 4. The quantitative estimate of drug-likeness (QED) is 0.179. The Morgan fingerprint density at radius 2 is 1.02 bits per heavy atom. The summed E-state index contributed by atoms with van der Waals surface area (Å²) in [6.45, 7) is 2.19. The van der Waals surface area contributed by atoms with E-state index in [1.165, 1.54) is 59.9 Å². The SMILES string of the molecule is Cc1ccc2c(c1)-c1c(C#N)cc(-c3ccccc3-c3ccccc3-c3nc(-c4ccccc4)nc(-c4ccccc4)n3)cc1C21C2CC3CC(C2)CC1C3. The number of hydrogen-bond donors (Lipinski definition) is 0. The molecule has 4 saturated carbocycles. The number of nitrogens with zero attached hydrogens (tertiary/aromatic N) is 4. The zero-order chi connectivity index (χ0) is 36.7. The molecule has 5 aliphatic rings. The van der Waals surface area contributed by atoms with E-state index >= 15 is 0 Å². The summed E-state index contributed by atoms with van der Waals surface area (Å²) in [6, 6.07) is 51.9. The fraction of sp³-hybridized carbons (Fsp3) is 0.216. The molecule has 0 saturated heterocycles. The highest BCUT2D eigenvalue weighted by molar-refractivity contribution is 5.94. The first kappa shape index (κ1) is 32.3. The third-order valence-electron chi connectivity index (χ3n) is 13.4. The van der Waals surface area contributed by atoms with Crippen LogP contribution in [-0.4, -0.2) is 15.0 Å². The Morgan fingerprint density at radius 3 is 1.62 bits per heavy atom. The van der Waals surface area contributed by atoms with Gasteiger partial charge in [0.05, 0.1) is 11.6 Å². The third-order valence-corrected chi connectivity index (χ3v) is 13.4. The predicted molar refractivity (Wildman–Crippen MR) is 220 cm³/mol. The molecule has 1 spiro atoms. The van der Waals surface area contributed by atoms with Gasteiger partial charge in [-0.15, -0.1) is 0 Å². The molecule has 0 amide bonds. The third kappa shape index (κ3) is 4.92. The minimum absolute atomic E-state index is 0.0349.